The van der Waals surface area contributed by atoms with Gasteiger partial charge in [-0.1, -0.05) is 0 Å². The summed E-state index contributed by atoms with van der Waals surface area (Å²) in [5, 5.41) is 6.91. The predicted octanol–water partition coefficient (Wildman–Crippen LogP) is 3.65. The van der Waals surface area contributed by atoms with Crippen molar-refractivity contribution in [2.24, 2.45) is 0 Å². The minimum atomic E-state index is -1.15. The number of nitrogens with one attached hydrogen (secondary N) is 2. The van der Waals surface area contributed by atoms with Crippen molar-refractivity contribution in [1.29, 1.82) is 0 Å². The number of aromatic amines is 2. The van der Waals surface area contributed by atoms with E-state index in [-0.39, 0.29) is 22.2 Å². The lowest BCUT2D eigenvalue weighted by molar-refractivity contribution is 0.0735. The lowest BCUT2D eigenvalue weighted by Gasteiger charge is -2.24. The van der Waals surface area contributed by atoms with Crippen LogP contribution in [0, 0.1) is 17.5 Å². The van der Waals surface area contributed by atoms with Gasteiger partial charge in [0.25, 0.3) is 11.5 Å². The van der Waals surface area contributed by atoms with Gasteiger partial charge in [0.2, 0.25) is 0 Å². The monoisotopic (exact) mass is 400 g/mol. The van der Waals surface area contributed by atoms with E-state index in [9.17, 15) is 22.8 Å². The summed E-state index contributed by atoms with van der Waals surface area (Å²) < 4.78 is 40.7. The Kier molecular flexibility index (Phi) is 4.37. The average Bonchev–Trinajstić information content (AvgIpc) is 3.11. The first kappa shape index (κ1) is 18.7. The second-order valence-electron chi connectivity index (χ2n) is 6.76. The van der Waals surface area contributed by atoms with Crippen LogP contribution in [0.3, 0.4) is 0 Å². The summed E-state index contributed by atoms with van der Waals surface area (Å²) in [6.45, 7) is 1.64. The van der Waals surface area contributed by atoms with Gasteiger partial charge in [-0.3, -0.25) is 9.59 Å². The van der Waals surface area contributed by atoms with E-state index in [4.69, 9.17) is 0 Å². The molecule has 9 heteroatoms. The fraction of sp³-hybridized carbons (Fsp3) is 0.150. The summed E-state index contributed by atoms with van der Waals surface area (Å²) >= 11 is 0. The van der Waals surface area contributed by atoms with Gasteiger partial charge in [0, 0.05) is 23.3 Å². The van der Waals surface area contributed by atoms with Crippen molar-refractivity contribution in [3.05, 3.63) is 75.6 Å². The summed E-state index contributed by atoms with van der Waals surface area (Å²) in [5.74, 6) is -3.12. The molecule has 0 radical (unpaired) electrons. The first-order chi connectivity index (χ1) is 13.8. The fourth-order valence-electron chi connectivity index (χ4n) is 3.26. The highest BCUT2D eigenvalue weighted by Crippen LogP contribution is 2.27. The van der Waals surface area contributed by atoms with Gasteiger partial charge < -0.3 is 9.88 Å². The maximum atomic E-state index is 13.8. The zero-order valence-electron chi connectivity index (χ0n) is 15.4. The molecule has 0 saturated heterocycles. The standard InChI is InChI=1S/C20H15F3N4O2/c1-9(18-12-7-14(22)15(23)8-13(12)19(28)26-25-18)27(2)20(29)17-5-10-3-4-11(21)6-16(10)24-17/h3-9,24H,1-2H3,(H,26,28). The summed E-state index contributed by atoms with van der Waals surface area (Å²) in [6, 6.07) is 6.72. The molecule has 2 aromatic carbocycles. The minimum absolute atomic E-state index is 0.0670. The SMILES string of the molecule is CC(c1n[nH]c(=O)c2cc(F)c(F)cc12)N(C)C(=O)c1cc2ccc(F)cc2[nH]1. The Bertz CT molecular complexity index is 1330. The molecule has 6 nitrogen and oxygen atoms in total. The Balaban J connectivity index is 1.74. The van der Waals surface area contributed by atoms with Gasteiger partial charge in [-0.15, -0.1) is 0 Å². The molecule has 0 aliphatic heterocycles. The van der Waals surface area contributed by atoms with Crippen LogP contribution < -0.4 is 5.56 Å². The van der Waals surface area contributed by atoms with Crippen LogP contribution in [-0.2, 0) is 0 Å². The van der Waals surface area contributed by atoms with Crippen LogP contribution in [0.1, 0.15) is 29.1 Å². The van der Waals surface area contributed by atoms with Crippen LogP contribution in [0.15, 0.2) is 41.2 Å². The molecule has 2 heterocycles. The van der Waals surface area contributed by atoms with Crippen molar-refractivity contribution in [1.82, 2.24) is 20.1 Å². The largest absolute Gasteiger partial charge is 0.350 e. The molecule has 0 bridgehead atoms. The Hall–Kier alpha value is -3.62. The zero-order valence-corrected chi connectivity index (χ0v) is 15.4. The number of fused-ring (bicyclic) bond motifs is 2. The highest BCUT2D eigenvalue weighted by atomic mass is 19.2. The quantitative estimate of drug-likeness (QED) is 0.551. The van der Waals surface area contributed by atoms with Crippen molar-refractivity contribution in [2.75, 3.05) is 7.05 Å². The highest BCUT2D eigenvalue weighted by Gasteiger charge is 2.24. The fourth-order valence-corrected chi connectivity index (χ4v) is 3.26. The Morgan fingerprint density at radius 3 is 2.48 bits per heavy atom. The average molecular weight is 400 g/mol. The molecule has 4 rings (SSSR count). The third kappa shape index (κ3) is 3.14. The van der Waals surface area contributed by atoms with Crippen molar-refractivity contribution >= 4 is 27.6 Å². The molecule has 0 aliphatic rings. The second-order valence-corrected chi connectivity index (χ2v) is 6.76. The maximum absolute atomic E-state index is 13.8. The summed E-state index contributed by atoms with van der Waals surface area (Å²) in [7, 11) is 1.51. The Labute approximate surface area is 162 Å². The number of nitrogens with zero attached hydrogens (tertiary/aromatic N) is 2. The highest BCUT2D eigenvalue weighted by molar-refractivity contribution is 5.98. The maximum Gasteiger partial charge on any atom is 0.272 e. The van der Waals surface area contributed by atoms with Crippen LogP contribution in [0.5, 0.6) is 0 Å². The molecular formula is C20H15F3N4O2. The van der Waals surface area contributed by atoms with E-state index in [2.05, 4.69) is 15.2 Å². The smallest absolute Gasteiger partial charge is 0.272 e. The van der Waals surface area contributed by atoms with Crippen LogP contribution in [0.4, 0.5) is 13.2 Å². The molecule has 148 valence electrons. The molecule has 0 fully saturated rings. The lowest BCUT2D eigenvalue weighted by Crippen LogP contribution is -2.31. The molecule has 0 spiro atoms. The van der Waals surface area contributed by atoms with Gasteiger partial charge in [0.05, 0.1) is 17.1 Å². The number of amides is 1. The molecule has 4 aromatic rings. The zero-order chi connectivity index (χ0) is 20.9. The third-order valence-electron chi connectivity index (χ3n) is 4.97. The molecule has 2 N–H and O–H groups in total. The molecule has 1 atom stereocenters. The van der Waals surface area contributed by atoms with E-state index >= 15 is 0 Å². The first-order valence-electron chi connectivity index (χ1n) is 8.69. The van der Waals surface area contributed by atoms with Crippen molar-refractivity contribution < 1.29 is 18.0 Å². The number of carbonyl (C=O) groups excluding carboxylic acids is 1. The summed E-state index contributed by atoms with van der Waals surface area (Å²) in [5.41, 5.74) is 0.239. The summed E-state index contributed by atoms with van der Waals surface area (Å²) in [4.78, 5) is 29.1. The van der Waals surface area contributed by atoms with Gasteiger partial charge in [0.15, 0.2) is 11.6 Å². The number of benzene rings is 2. The first-order valence-corrected chi connectivity index (χ1v) is 8.69. The van der Waals surface area contributed by atoms with Crippen LogP contribution in [0.2, 0.25) is 0 Å². The van der Waals surface area contributed by atoms with Gasteiger partial charge in [-0.05, 0) is 43.3 Å². The van der Waals surface area contributed by atoms with Crippen molar-refractivity contribution in [3.63, 3.8) is 0 Å². The van der Waals surface area contributed by atoms with E-state index in [1.165, 1.54) is 24.1 Å². The van der Waals surface area contributed by atoms with E-state index in [0.29, 0.717) is 10.9 Å². The second kappa shape index (κ2) is 6.77. The molecular weight excluding hydrogens is 385 g/mol. The van der Waals surface area contributed by atoms with Gasteiger partial charge in [-0.25, -0.2) is 18.3 Å². The Morgan fingerprint density at radius 1 is 1.07 bits per heavy atom. The minimum Gasteiger partial charge on any atom is -0.350 e. The van der Waals surface area contributed by atoms with E-state index in [1.807, 2.05) is 0 Å². The van der Waals surface area contributed by atoms with Crippen LogP contribution >= 0.6 is 0 Å². The van der Waals surface area contributed by atoms with Gasteiger partial charge in [0.1, 0.15) is 11.5 Å². The molecule has 0 aliphatic carbocycles. The number of H-pyrrole nitrogens is 2. The van der Waals surface area contributed by atoms with Crippen LogP contribution in [0.25, 0.3) is 21.7 Å². The molecule has 2 aromatic heterocycles. The van der Waals surface area contributed by atoms with Gasteiger partial charge >= 0.3 is 0 Å². The van der Waals surface area contributed by atoms with E-state index < -0.39 is 35.0 Å². The molecule has 1 unspecified atom stereocenters. The molecule has 0 saturated carbocycles. The number of halogens is 3. The predicted molar refractivity (Wildman–Crippen MR) is 101 cm³/mol. The number of aromatic nitrogens is 3. The Morgan fingerprint density at radius 2 is 1.76 bits per heavy atom. The summed E-state index contributed by atoms with van der Waals surface area (Å²) in [6.07, 6.45) is 0. The molecule has 1 amide bonds. The number of hydrogen-bond acceptors (Lipinski definition) is 3. The number of rotatable bonds is 3. The van der Waals surface area contributed by atoms with Crippen molar-refractivity contribution in [2.45, 2.75) is 13.0 Å². The van der Waals surface area contributed by atoms with Crippen LogP contribution in [-0.4, -0.2) is 33.0 Å². The third-order valence-corrected chi connectivity index (χ3v) is 4.97. The van der Waals surface area contributed by atoms with E-state index in [1.54, 1.807) is 19.1 Å². The van der Waals surface area contributed by atoms with Gasteiger partial charge in [-0.2, -0.15) is 5.10 Å². The molecule has 29 heavy (non-hydrogen) atoms. The lowest BCUT2D eigenvalue weighted by atomic mass is 10.1. The van der Waals surface area contributed by atoms with E-state index in [0.717, 1.165) is 12.1 Å². The normalized spacial score (nSPS) is 12.4. The topological polar surface area (TPSA) is 81.8 Å². The number of carbonyl (C=O) groups is 1. The number of hydrogen-bond donors (Lipinski definition) is 2. The van der Waals surface area contributed by atoms with Crippen molar-refractivity contribution in [3.8, 4) is 0 Å².